The van der Waals surface area contributed by atoms with Crippen molar-refractivity contribution in [3.63, 3.8) is 0 Å². The van der Waals surface area contributed by atoms with E-state index >= 15 is 0 Å². The van der Waals surface area contributed by atoms with Crippen molar-refractivity contribution >= 4 is 5.97 Å². The number of methoxy groups -OCH3 is 2. The molecule has 0 aliphatic rings. The molecule has 0 bridgehead atoms. The Kier molecular flexibility index (Phi) is 5.58. The van der Waals surface area contributed by atoms with Gasteiger partial charge in [-0.3, -0.25) is 4.98 Å². The van der Waals surface area contributed by atoms with Crippen LogP contribution in [0.15, 0.2) is 28.7 Å². The van der Waals surface area contributed by atoms with Crippen LogP contribution in [0.4, 0.5) is 0 Å². The SMILES string of the molecule is CCOC(=O)c1cc(-c2nnc(-c3ccc(OC)c(OC)c3)o2)c(C)nc1C. The first-order valence-electron chi connectivity index (χ1n) is 8.70. The molecule has 28 heavy (non-hydrogen) atoms. The standard InChI is InChI=1S/C20H21N3O5/c1-6-27-20(24)15-10-14(11(2)21-12(15)3)19-23-22-18(28-19)13-7-8-16(25-4)17(9-13)26-5/h7-10H,6H2,1-5H3. The summed E-state index contributed by atoms with van der Waals surface area (Å²) in [7, 11) is 3.12. The zero-order valence-corrected chi connectivity index (χ0v) is 16.4. The normalized spacial score (nSPS) is 10.6. The van der Waals surface area contributed by atoms with Gasteiger partial charge >= 0.3 is 5.97 Å². The maximum absolute atomic E-state index is 12.2. The number of hydrogen-bond acceptors (Lipinski definition) is 8. The summed E-state index contributed by atoms with van der Waals surface area (Å²) in [5.74, 6) is 1.29. The number of carbonyl (C=O) groups is 1. The Hall–Kier alpha value is -3.42. The highest BCUT2D eigenvalue weighted by molar-refractivity contribution is 5.92. The van der Waals surface area contributed by atoms with Gasteiger partial charge in [-0.15, -0.1) is 10.2 Å². The number of rotatable bonds is 6. The van der Waals surface area contributed by atoms with Gasteiger partial charge in [0.25, 0.3) is 0 Å². The van der Waals surface area contributed by atoms with E-state index in [-0.39, 0.29) is 12.5 Å². The fraction of sp³-hybridized carbons (Fsp3) is 0.300. The predicted molar refractivity (Wildman–Crippen MR) is 101 cm³/mol. The minimum absolute atomic E-state index is 0.264. The molecule has 2 heterocycles. The highest BCUT2D eigenvalue weighted by Gasteiger charge is 2.19. The largest absolute Gasteiger partial charge is 0.493 e. The maximum atomic E-state index is 12.2. The number of nitrogens with zero attached hydrogens (tertiary/aromatic N) is 3. The van der Waals surface area contributed by atoms with Crippen molar-refractivity contribution < 1.29 is 23.4 Å². The van der Waals surface area contributed by atoms with E-state index < -0.39 is 5.97 Å². The molecule has 3 rings (SSSR count). The van der Waals surface area contributed by atoms with Crippen LogP contribution in [0.3, 0.4) is 0 Å². The van der Waals surface area contributed by atoms with Gasteiger partial charge in [0.1, 0.15) is 0 Å². The number of carbonyl (C=O) groups excluding carboxylic acids is 1. The number of hydrogen-bond donors (Lipinski definition) is 0. The first kappa shape index (κ1) is 19.3. The average molecular weight is 383 g/mol. The molecule has 0 atom stereocenters. The van der Waals surface area contributed by atoms with Crippen LogP contribution in [0.5, 0.6) is 11.5 Å². The number of ether oxygens (including phenoxy) is 3. The summed E-state index contributed by atoms with van der Waals surface area (Å²) in [5, 5.41) is 8.23. The van der Waals surface area contributed by atoms with Crippen LogP contribution >= 0.6 is 0 Å². The maximum Gasteiger partial charge on any atom is 0.339 e. The molecular weight excluding hydrogens is 362 g/mol. The van der Waals surface area contributed by atoms with Crippen molar-refractivity contribution in [3.8, 4) is 34.4 Å². The molecule has 0 radical (unpaired) electrons. The van der Waals surface area contributed by atoms with Gasteiger partial charge in [-0.1, -0.05) is 0 Å². The van der Waals surface area contributed by atoms with Crippen molar-refractivity contribution in [3.05, 3.63) is 41.2 Å². The summed E-state index contributed by atoms with van der Waals surface area (Å²) in [6.07, 6.45) is 0. The van der Waals surface area contributed by atoms with Crippen LogP contribution in [-0.4, -0.2) is 42.0 Å². The molecule has 0 N–H and O–H groups in total. The smallest absolute Gasteiger partial charge is 0.339 e. The highest BCUT2D eigenvalue weighted by atomic mass is 16.5. The molecule has 8 nitrogen and oxygen atoms in total. The highest BCUT2D eigenvalue weighted by Crippen LogP contribution is 2.33. The van der Waals surface area contributed by atoms with E-state index in [4.69, 9.17) is 18.6 Å². The molecule has 0 saturated heterocycles. The lowest BCUT2D eigenvalue weighted by molar-refractivity contribution is 0.0525. The van der Waals surface area contributed by atoms with E-state index in [1.165, 1.54) is 0 Å². The minimum atomic E-state index is -0.437. The third-order valence-corrected chi connectivity index (χ3v) is 4.18. The van der Waals surface area contributed by atoms with Crippen LogP contribution in [0.1, 0.15) is 28.7 Å². The topological polar surface area (TPSA) is 96.6 Å². The summed E-state index contributed by atoms with van der Waals surface area (Å²) in [6, 6.07) is 6.97. The molecule has 8 heteroatoms. The summed E-state index contributed by atoms with van der Waals surface area (Å²) in [5.41, 5.74) is 2.88. The summed E-state index contributed by atoms with van der Waals surface area (Å²) >= 11 is 0. The van der Waals surface area contributed by atoms with E-state index in [0.717, 1.165) is 0 Å². The summed E-state index contributed by atoms with van der Waals surface area (Å²) < 4.78 is 21.5. The quantitative estimate of drug-likeness (QED) is 0.596. The van der Waals surface area contributed by atoms with Gasteiger partial charge in [0, 0.05) is 5.56 Å². The van der Waals surface area contributed by atoms with Gasteiger partial charge in [-0.05, 0) is 45.0 Å². The Bertz CT molecular complexity index is 1010. The Balaban J connectivity index is 2.00. The van der Waals surface area contributed by atoms with E-state index in [0.29, 0.717) is 45.5 Å². The molecule has 3 aromatic rings. The van der Waals surface area contributed by atoms with Gasteiger partial charge in [0.2, 0.25) is 11.8 Å². The molecule has 0 saturated carbocycles. The van der Waals surface area contributed by atoms with E-state index in [1.807, 2.05) is 6.92 Å². The molecule has 2 aromatic heterocycles. The van der Waals surface area contributed by atoms with Crippen molar-refractivity contribution in [1.29, 1.82) is 0 Å². The lowest BCUT2D eigenvalue weighted by Gasteiger charge is -2.08. The fourth-order valence-corrected chi connectivity index (χ4v) is 2.78. The first-order chi connectivity index (χ1) is 13.5. The third-order valence-electron chi connectivity index (χ3n) is 4.18. The second-order valence-electron chi connectivity index (χ2n) is 5.96. The van der Waals surface area contributed by atoms with Crippen molar-refractivity contribution in [2.24, 2.45) is 0 Å². The Morgan fingerprint density at radius 3 is 2.39 bits per heavy atom. The lowest BCUT2D eigenvalue weighted by atomic mass is 10.1. The molecule has 0 amide bonds. The lowest BCUT2D eigenvalue weighted by Crippen LogP contribution is -2.09. The zero-order valence-electron chi connectivity index (χ0n) is 16.4. The predicted octanol–water partition coefficient (Wildman–Crippen LogP) is 3.61. The third kappa shape index (κ3) is 3.66. The molecular formula is C20H21N3O5. The number of pyridine rings is 1. The Morgan fingerprint density at radius 2 is 1.71 bits per heavy atom. The van der Waals surface area contributed by atoms with Crippen LogP contribution in [0, 0.1) is 13.8 Å². The number of aryl methyl sites for hydroxylation is 2. The van der Waals surface area contributed by atoms with E-state index in [2.05, 4.69) is 15.2 Å². The van der Waals surface area contributed by atoms with Crippen LogP contribution in [0.25, 0.3) is 22.9 Å². The minimum Gasteiger partial charge on any atom is -0.493 e. The second-order valence-corrected chi connectivity index (χ2v) is 5.96. The number of aromatic nitrogens is 3. The molecule has 0 unspecified atom stereocenters. The average Bonchev–Trinajstić information content (AvgIpc) is 3.17. The van der Waals surface area contributed by atoms with Crippen molar-refractivity contribution in [2.75, 3.05) is 20.8 Å². The number of esters is 1. The molecule has 146 valence electrons. The van der Waals surface area contributed by atoms with Gasteiger partial charge in [-0.2, -0.15) is 0 Å². The second kappa shape index (κ2) is 8.08. The van der Waals surface area contributed by atoms with Gasteiger partial charge in [0.15, 0.2) is 11.5 Å². The van der Waals surface area contributed by atoms with E-state index in [9.17, 15) is 4.79 Å². The fourth-order valence-electron chi connectivity index (χ4n) is 2.78. The van der Waals surface area contributed by atoms with E-state index in [1.54, 1.807) is 52.3 Å². The van der Waals surface area contributed by atoms with Crippen LogP contribution < -0.4 is 9.47 Å². The van der Waals surface area contributed by atoms with Crippen LogP contribution in [0.2, 0.25) is 0 Å². The summed E-state index contributed by atoms with van der Waals surface area (Å²) in [4.78, 5) is 16.6. The molecule has 0 aliphatic heterocycles. The van der Waals surface area contributed by atoms with Crippen molar-refractivity contribution in [1.82, 2.24) is 15.2 Å². The van der Waals surface area contributed by atoms with Gasteiger partial charge in [0.05, 0.1) is 43.3 Å². The monoisotopic (exact) mass is 383 g/mol. The van der Waals surface area contributed by atoms with Gasteiger partial charge in [-0.25, -0.2) is 4.79 Å². The number of benzene rings is 1. The van der Waals surface area contributed by atoms with Gasteiger partial charge < -0.3 is 18.6 Å². The molecule has 0 aliphatic carbocycles. The molecule has 0 fully saturated rings. The molecule has 1 aromatic carbocycles. The zero-order chi connectivity index (χ0) is 20.3. The van der Waals surface area contributed by atoms with Crippen molar-refractivity contribution in [2.45, 2.75) is 20.8 Å². The van der Waals surface area contributed by atoms with Crippen LogP contribution in [-0.2, 0) is 4.74 Å². The Labute approximate surface area is 162 Å². The molecule has 0 spiro atoms. The first-order valence-corrected chi connectivity index (χ1v) is 8.70. The summed E-state index contributed by atoms with van der Waals surface area (Å²) in [6.45, 7) is 5.61. The Morgan fingerprint density at radius 1 is 1.00 bits per heavy atom.